The highest BCUT2D eigenvalue weighted by atomic mass is 19.1. The molecule has 0 atom stereocenters. The summed E-state index contributed by atoms with van der Waals surface area (Å²) < 4.78 is 13.6. The van der Waals surface area contributed by atoms with Gasteiger partial charge < -0.3 is 4.90 Å². The molecule has 0 spiro atoms. The molecule has 1 heterocycles. The van der Waals surface area contributed by atoms with Crippen LogP contribution in [-0.4, -0.2) is 28.8 Å². The zero-order valence-corrected chi connectivity index (χ0v) is 11.2. The molecule has 1 aliphatic rings. The van der Waals surface area contributed by atoms with Crippen molar-refractivity contribution in [2.45, 2.75) is 32.1 Å². The Morgan fingerprint density at radius 2 is 1.75 bits per heavy atom. The molecule has 1 amide bonds. The first-order chi connectivity index (χ1) is 9.59. The first kappa shape index (κ1) is 14.4. The SMILES string of the molecule is O=C(c1ccc([N+](=O)[O-])c(F)c1)N1CCCCCCC1. The van der Waals surface area contributed by atoms with E-state index in [4.69, 9.17) is 0 Å². The van der Waals surface area contributed by atoms with Crippen LogP contribution in [0.3, 0.4) is 0 Å². The van der Waals surface area contributed by atoms with E-state index in [9.17, 15) is 19.3 Å². The molecule has 0 aliphatic carbocycles. The van der Waals surface area contributed by atoms with Crippen LogP contribution >= 0.6 is 0 Å². The van der Waals surface area contributed by atoms with Crippen LogP contribution in [0.1, 0.15) is 42.5 Å². The molecule has 0 saturated carbocycles. The van der Waals surface area contributed by atoms with Gasteiger partial charge in [-0.25, -0.2) is 0 Å². The Bertz CT molecular complexity index is 511. The predicted octanol–water partition coefficient (Wildman–Crippen LogP) is 3.14. The summed E-state index contributed by atoms with van der Waals surface area (Å²) in [5.74, 6) is -1.21. The van der Waals surface area contributed by atoms with Crippen LogP contribution in [0.25, 0.3) is 0 Å². The molecule has 0 unspecified atom stereocenters. The van der Waals surface area contributed by atoms with Crippen molar-refractivity contribution in [1.82, 2.24) is 4.90 Å². The van der Waals surface area contributed by atoms with Crippen molar-refractivity contribution in [1.29, 1.82) is 0 Å². The van der Waals surface area contributed by atoms with Gasteiger partial charge in [0.1, 0.15) is 0 Å². The summed E-state index contributed by atoms with van der Waals surface area (Å²) in [5.41, 5.74) is -0.428. The summed E-state index contributed by atoms with van der Waals surface area (Å²) in [6, 6.07) is 3.33. The minimum atomic E-state index is -0.965. The minimum absolute atomic E-state index is 0.175. The Hall–Kier alpha value is -1.98. The fraction of sp³-hybridized carbons (Fsp3) is 0.500. The van der Waals surface area contributed by atoms with Crippen molar-refractivity contribution in [3.05, 3.63) is 39.7 Å². The lowest BCUT2D eigenvalue weighted by Gasteiger charge is -2.24. The average molecular weight is 280 g/mol. The van der Waals surface area contributed by atoms with E-state index in [2.05, 4.69) is 0 Å². The fourth-order valence-corrected chi connectivity index (χ4v) is 2.42. The second kappa shape index (κ2) is 6.45. The molecule has 1 aliphatic heterocycles. The van der Waals surface area contributed by atoms with Gasteiger partial charge in [0.2, 0.25) is 5.82 Å². The molecule has 1 saturated heterocycles. The Morgan fingerprint density at radius 1 is 1.15 bits per heavy atom. The van der Waals surface area contributed by atoms with Gasteiger partial charge in [-0.15, -0.1) is 0 Å². The molecule has 20 heavy (non-hydrogen) atoms. The molecule has 0 N–H and O–H groups in total. The van der Waals surface area contributed by atoms with E-state index in [0.717, 1.165) is 37.8 Å². The van der Waals surface area contributed by atoms with E-state index in [1.54, 1.807) is 4.90 Å². The topological polar surface area (TPSA) is 63.4 Å². The monoisotopic (exact) mass is 280 g/mol. The summed E-state index contributed by atoms with van der Waals surface area (Å²) in [6.45, 7) is 1.33. The summed E-state index contributed by atoms with van der Waals surface area (Å²) in [7, 11) is 0. The number of nitro groups is 1. The third kappa shape index (κ3) is 3.31. The van der Waals surface area contributed by atoms with Crippen LogP contribution in [0.5, 0.6) is 0 Å². The largest absolute Gasteiger partial charge is 0.339 e. The number of amides is 1. The number of carbonyl (C=O) groups is 1. The van der Waals surface area contributed by atoms with Crippen molar-refractivity contribution in [3.8, 4) is 0 Å². The first-order valence-corrected chi connectivity index (χ1v) is 6.83. The highest BCUT2D eigenvalue weighted by Crippen LogP contribution is 2.20. The highest BCUT2D eigenvalue weighted by molar-refractivity contribution is 5.94. The van der Waals surface area contributed by atoms with Crippen LogP contribution in [0.4, 0.5) is 10.1 Å². The molecule has 0 bridgehead atoms. The van der Waals surface area contributed by atoms with Crippen molar-refractivity contribution in [3.63, 3.8) is 0 Å². The van der Waals surface area contributed by atoms with Gasteiger partial charge in [-0.3, -0.25) is 14.9 Å². The van der Waals surface area contributed by atoms with E-state index in [-0.39, 0.29) is 11.5 Å². The number of halogens is 1. The number of likely N-dealkylation sites (tertiary alicyclic amines) is 1. The number of benzene rings is 1. The third-order valence-electron chi connectivity index (χ3n) is 3.53. The van der Waals surface area contributed by atoms with E-state index >= 15 is 0 Å². The molecule has 0 radical (unpaired) electrons. The maximum Gasteiger partial charge on any atom is 0.304 e. The number of nitrogens with zero attached hydrogens (tertiary/aromatic N) is 2. The van der Waals surface area contributed by atoms with E-state index in [1.165, 1.54) is 12.5 Å². The molecular weight excluding hydrogens is 263 g/mol. The molecule has 1 aromatic carbocycles. The van der Waals surface area contributed by atoms with Gasteiger partial charge in [0.05, 0.1) is 4.92 Å². The van der Waals surface area contributed by atoms with Crippen molar-refractivity contribution in [2.24, 2.45) is 0 Å². The van der Waals surface area contributed by atoms with Crippen LogP contribution in [0, 0.1) is 15.9 Å². The zero-order valence-electron chi connectivity index (χ0n) is 11.2. The number of hydrogen-bond donors (Lipinski definition) is 0. The smallest absolute Gasteiger partial charge is 0.304 e. The van der Waals surface area contributed by atoms with E-state index < -0.39 is 16.4 Å². The van der Waals surface area contributed by atoms with E-state index in [0.29, 0.717) is 13.1 Å². The summed E-state index contributed by atoms with van der Waals surface area (Å²) in [6.07, 6.45) is 5.27. The van der Waals surface area contributed by atoms with Crippen molar-refractivity contribution < 1.29 is 14.1 Å². The Labute approximate surface area is 116 Å². The van der Waals surface area contributed by atoms with Gasteiger partial charge in [0.15, 0.2) is 0 Å². The van der Waals surface area contributed by atoms with Crippen LogP contribution in [-0.2, 0) is 0 Å². The highest BCUT2D eigenvalue weighted by Gasteiger charge is 2.20. The van der Waals surface area contributed by atoms with Crippen LogP contribution < -0.4 is 0 Å². The summed E-state index contributed by atoms with van der Waals surface area (Å²) in [4.78, 5) is 23.8. The second-order valence-corrected chi connectivity index (χ2v) is 4.98. The Morgan fingerprint density at radius 3 is 2.30 bits per heavy atom. The Kier molecular flexibility index (Phi) is 4.65. The lowest BCUT2D eigenvalue weighted by molar-refractivity contribution is -0.387. The lowest BCUT2D eigenvalue weighted by atomic mass is 10.1. The van der Waals surface area contributed by atoms with Gasteiger partial charge in [0.25, 0.3) is 5.91 Å². The molecule has 1 aromatic rings. The maximum absolute atomic E-state index is 13.6. The number of rotatable bonds is 2. The molecule has 2 rings (SSSR count). The van der Waals surface area contributed by atoms with Crippen molar-refractivity contribution in [2.75, 3.05) is 13.1 Å². The van der Waals surface area contributed by atoms with Crippen molar-refractivity contribution >= 4 is 11.6 Å². The molecule has 0 aromatic heterocycles. The molecular formula is C14H17FN2O3. The predicted molar refractivity (Wildman–Crippen MR) is 72.0 cm³/mol. The van der Waals surface area contributed by atoms with Gasteiger partial charge in [-0.2, -0.15) is 4.39 Å². The third-order valence-corrected chi connectivity index (χ3v) is 3.53. The van der Waals surface area contributed by atoms with Gasteiger partial charge in [-0.1, -0.05) is 19.3 Å². The van der Waals surface area contributed by atoms with E-state index in [1.807, 2.05) is 0 Å². The molecule has 1 fully saturated rings. The van der Waals surface area contributed by atoms with Crippen LogP contribution in [0.2, 0.25) is 0 Å². The zero-order chi connectivity index (χ0) is 14.5. The van der Waals surface area contributed by atoms with Gasteiger partial charge in [0, 0.05) is 24.7 Å². The number of nitro benzene ring substituents is 1. The van der Waals surface area contributed by atoms with Gasteiger partial charge >= 0.3 is 5.69 Å². The van der Waals surface area contributed by atoms with Gasteiger partial charge in [-0.05, 0) is 25.0 Å². The normalized spacial score (nSPS) is 16.4. The number of hydrogen-bond acceptors (Lipinski definition) is 3. The average Bonchev–Trinajstić information content (AvgIpc) is 2.37. The van der Waals surface area contributed by atoms with Crippen LogP contribution in [0.15, 0.2) is 18.2 Å². The summed E-state index contributed by atoms with van der Waals surface area (Å²) in [5, 5.41) is 10.6. The Balaban J connectivity index is 2.15. The fourth-order valence-electron chi connectivity index (χ4n) is 2.42. The standard InChI is InChI=1S/C14H17FN2O3/c15-12-10-11(6-7-13(12)17(19)20)14(18)16-8-4-2-1-3-5-9-16/h6-7,10H,1-5,8-9H2. The first-order valence-electron chi connectivity index (χ1n) is 6.83. The second-order valence-electron chi connectivity index (χ2n) is 4.98. The maximum atomic E-state index is 13.6. The quantitative estimate of drug-likeness (QED) is 0.617. The summed E-state index contributed by atoms with van der Waals surface area (Å²) >= 11 is 0. The molecule has 5 nitrogen and oxygen atoms in total. The molecule has 6 heteroatoms. The minimum Gasteiger partial charge on any atom is -0.339 e. The lowest BCUT2D eigenvalue weighted by Crippen LogP contribution is -2.33. The number of carbonyl (C=O) groups excluding carboxylic acids is 1. The molecule has 108 valence electrons.